The molecule has 0 radical (unpaired) electrons. The SMILES string of the molecule is CCCCCCCCCCCCCCCCCCOCCOCCOCCOCCOCCOCCOCCOCCOCCOCCOCCF. The summed E-state index contributed by atoms with van der Waals surface area (Å²) in [5.74, 6) is 0. The predicted molar refractivity (Wildman–Crippen MR) is 205 cm³/mol. The summed E-state index contributed by atoms with van der Waals surface area (Å²) in [6.45, 7) is 13.1. The third-order valence-electron chi connectivity index (χ3n) is 8.08. The minimum absolute atomic E-state index is 0.117. The predicted octanol–water partition coefficient (Wildman–Crippen LogP) is 7.40. The summed E-state index contributed by atoms with van der Waals surface area (Å²) < 4.78 is 71.7. The van der Waals surface area contributed by atoms with Crippen LogP contribution in [0, 0.1) is 0 Å². The Morgan fingerprint density at radius 3 is 0.596 bits per heavy atom. The van der Waals surface area contributed by atoms with Crippen molar-refractivity contribution < 1.29 is 56.5 Å². The van der Waals surface area contributed by atoms with Gasteiger partial charge in [0.05, 0.1) is 139 Å². The van der Waals surface area contributed by atoms with Gasteiger partial charge in [-0.25, -0.2) is 4.39 Å². The third-order valence-corrected chi connectivity index (χ3v) is 8.08. The smallest absolute Gasteiger partial charge is 0.113 e. The van der Waals surface area contributed by atoms with Crippen molar-refractivity contribution in [1.29, 1.82) is 0 Å². The molecule has 11 nitrogen and oxygen atoms in total. The summed E-state index contributed by atoms with van der Waals surface area (Å²) in [7, 11) is 0. The maximum absolute atomic E-state index is 11.8. The zero-order valence-electron chi connectivity index (χ0n) is 33.4. The number of rotatable bonds is 49. The number of hydrogen-bond acceptors (Lipinski definition) is 11. The molecule has 0 rings (SSSR count). The number of halogens is 1. The molecule has 0 aromatic heterocycles. The second-order valence-corrected chi connectivity index (χ2v) is 12.7. The lowest BCUT2D eigenvalue weighted by Gasteiger charge is -2.09. The summed E-state index contributed by atoms with van der Waals surface area (Å²) in [6.07, 6.45) is 22.2. The van der Waals surface area contributed by atoms with Gasteiger partial charge in [0.25, 0.3) is 0 Å². The minimum Gasteiger partial charge on any atom is -0.379 e. The molecule has 0 N–H and O–H groups in total. The van der Waals surface area contributed by atoms with Crippen molar-refractivity contribution in [2.45, 2.75) is 110 Å². The van der Waals surface area contributed by atoms with Crippen LogP contribution in [0.15, 0.2) is 0 Å². The lowest BCUT2D eigenvalue weighted by molar-refractivity contribution is -0.0276. The third kappa shape index (κ3) is 49.5. The Balaban J connectivity index is 3.04. The van der Waals surface area contributed by atoms with E-state index in [-0.39, 0.29) is 6.61 Å². The minimum atomic E-state index is -0.471. The Morgan fingerprint density at radius 1 is 0.212 bits per heavy atom. The van der Waals surface area contributed by atoms with Crippen molar-refractivity contribution in [3.63, 3.8) is 0 Å². The molecule has 0 unspecified atom stereocenters. The van der Waals surface area contributed by atoms with E-state index in [9.17, 15) is 4.39 Å². The van der Waals surface area contributed by atoms with E-state index >= 15 is 0 Å². The average Bonchev–Trinajstić information content (AvgIpc) is 3.16. The summed E-state index contributed by atoms with van der Waals surface area (Å²) >= 11 is 0. The molecule has 0 fully saturated rings. The first-order valence-corrected chi connectivity index (χ1v) is 20.8. The molecule has 0 atom stereocenters. The van der Waals surface area contributed by atoms with Crippen molar-refractivity contribution in [3.8, 4) is 0 Å². The summed E-state index contributed by atoms with van der Waals surface area (Å²) in [5.41, 5.74) is 0. The van der Waals surface area contributed by atoms with E-state index in [2.05, 4.69) is 6.92 Å². The Labute approximate surface area is 317 Å². The van der Waals surface area contributed by atoms with Gasteiger partial charge >= 0.3 is 0 Å². The van der Waals surface area contributed by atoms with Crippen LogP contribution >= 0.6 is 0 Å². The van der Waals surface area contributed by atoms with Gasteiger partial charge in [-0.1, -0.05) is 103 Å². The molecule has 0 saturated carbocycles. The van der Waals surface area contributed by atoms with Gasteiger partial charge < -0.3 is 52.1 Å². The molecule has 0 aliphatic heterocycles. The van der Waals surface area contributed by atoms with Crippen LogP contribution in [0.4, 0.5) is 4.39 Å². The highest BCUT2D eigenvalue weighted by Crippen LogP contribution is 2.13. The molecule has 0 bridgehead atoms. The topological polar surface area (TPSA) is 102 Å². The molecule has 12 heteroatoms. The van der Waals surface area contributed by atoms with Crippen molar-refractivity contribution >= 4 is 0 Å². The molecule has 0 saturated heterocycles. The molecule has 0 heterocycles. The second-order valence-electron chi connectivity index (χ2n) is 12.7. The molecule has 0 aromatic carbocycles. The van der Waals surface area contributed by atoms with Crippen LogP contribution in [0.5, 0.6) is 0 Å². The molecule has 0 spiro atoms. The highest BCUT2D eigenvalue weighted by atomic mass is 19.1. The standard InChI is InChI=1S/C40H81FO11/c1-2-3-4-5-6-7-8-9-10-11-12-13-14-15-16-17-19-42-21-23-44-25-27-46-29-31-48-33-35-50-37-39-52-40-38-51-36-34-49-32-30-47-28-26-45-24-22-43-20-18-41/h2-40H2,1H3. The molecular formula is C40H81FO11. The van der Waals surface area contributed by atoms with Gasteiger partial charge in [-0.15, -0.1) is 0 Å². The van der Waals surface area contributed by atoms with Crippen LogP contribution < -0.4 is 0 Å². The maximum Gasteiger partial charge on any atom is 0.113 e. The number of ether oxygens (including phenoxy) is 11. The van der Waals surface area contributed by atoms with Crippen LogP contribution in [0.2, 0.25) is 0 Å². The van der Waals surface area contributed by atoms with Crippen LogP contribution in [-0.2, 0) is 52.1 Å². The fraction of sp³-hybridized carbons (Fsp3) is 1.00. The van der Waals surface area contributed by atoms with Gasteiger partial charge in [-0.3, -0.25) is 0 Å². The fourth-order valence-corrected chi connectivity index (χ4v) is 5.11. The first-order valence-electron chi connectivity index (χ1n) is 20.8. The quantitative estimate of drug-likeness (QED) is 0.0581. The van der Waals surface area contributed by atoms with Gasteiger partial charge in [0.15, 0.2) is 0 Å². The van der Waals surface area contributed by atoms with E-state index in [1.165, 1.54) is 96.3 Å². The Kier molecular flexibility index (Phi) is 50.0. The lowest BCUT2D eigenvalue weighted by atomic mass is 10.0. The summed E-state index contributed by atoms with van der Waals surface area (Å²) in [5, 5.41) is 0. The van der Waals surface area contributed by atoms with E-state index in [0.717, 1.165) is 13.0 Å². The Bertz CT molecular complexity index is 560. The highest BCUT2D eigenvalue weighted by Gasteiger charge is 1.98. The molecule has 0 aliphatic carbocycles. The molecule has 52 heavy (non-hydrogen) atoms. The van der Waals surface area contributed by atoms with Crippen molar-refractivity contribution in [3.05, 3.63) is 0 Å². The van der Waals surface area contributed by atoms with E-state index in [4.69, 9.17) is 52.1 Å². The van der Waals surface area contributed by atoms with Gasteiger partial charge in [0, 0.05) is 6.61 Å². The number of hydrogen-bond donors (Lipinski definition) is 0. The molecule has 0 aromatic rings. The van der Waals surface area contributed by atoms with Gasteiger partial charge in [0.1, 0.15) is 6.67 Å². The van der Waals surface area contributed by atoms with E-state index in [1.807, 2.05) is 0 Å². The Morgan fingerprint density at radius 2 is 0.385 bits per heavy atom. The van der Waals surface area contributed by atoms with Crippen LogP contribution in [0.1, 0.15) is 110 Å². The zero-order valence-corrected chi connectivity index (χ0v) is 33.4. The zero-order chi connectivity index (χ0) is 37.4. The maximum atomic E-state index is 11.8. The van der Waals surface area contributed by atoms with Crippen LogP contribution in [0.3, 0.4) is 0 Å². The summed E-state index contributed by atoms with van der Waals surface area (Å²) in [6, 6.07) is 0. The van der Waals surface area contributed by atoms with E-state index in [0.29, 0.717) is 132 Å². The number of unbranched alkanes of at least 4 members (excludes halogenated alkanes) is 15. The highest BCUT2D eigenvalue weighted by molar-refractivity contribution is 4.50. The first-order chi connectivity index (χ1) is 25.9. The molecule has 314 valence electrons. The molecular weight excluding hydrogens is 675 g/mol. The normalized spacial score (nSPS) is 11.7. The van der Waals surface area contributed by atoms with Gasteiger partial charge in [-0.05, 0) is 6.42 Å². The Hall–Kier alpha value is -0.510. The largest absolute Gasteiger partial charge is 0.379 e. The monoisotopic (exact) mass is 757 g/mol. The van der Waals surface area contributed by atoms with E-state index < -0.39 is 6.67 Å². The van der Waals surface area contributed by atoms with Crippen molar-refractivity contribution in [2.75, 3.05) is 152 Å². The van der Waals surface area contributed by atoms with Crippen LogP contribution in [0.25, 0.3) is 0 Å². The van der Waals surface area contributed by atoms with Gasteiger partial charge in [-0.2, -0.15) is 0 Å². The lowest BCUT2D eigenvalue weighted by Crippen LogP contribution is -2.15. The number of alkyl halides is 1. The molecule has 0 amide bonds. The second kappa shape index (κ2) is 50.5. The van der Waals surface area contributed by atoms with Crippen LogP contribution in [-0.4, -0.2) is 152 Å². The fourth-order valence-electron chi connectivity index (χ4n) is 5.11. The van der Waals surface area contributed by atoms with Gasteiger partial charge in [0.2, 0.25) is 0 Å². The summed E-state index contributed by atoms with van der Waals surface area (Å²) in [4.78, 5) is 0. The van der Waals surface area contributed by atoms with E-state index in [1.54, 1.807) is 0 Å². The van der Waals surface area contributed by atoms with Crippen molar-refractivity contribution in [2.24, 2.45) is 0 Å². The molecule has 0 aliphatic rings. The average molecular weight is 757 g/mol. The van der Waals surface area contributed by atoms with Crippen molar-refractivity contribution in [1.82, 2.24) is 0 Å². The first kappa shape index (κ1) is 51.5.